The summed E-state index contributed by atoms with van der Waals surface area (Å²) in [5.74, 6) is -1.46. The lowest BCUT2D eigenvalue weighted by molar-refractivity contribution is -0.141. The minimum Gasteiger partial charge on any atom is -0.444 e. The SMILES string of the molecule is CSCCC(NC(=O)C1CCC(=O)N1C(=O)OCc1ccccc1)C(=O)N1CCCC1C(N)=O. The molecule has 3 atom stereocenters. The number of nitrogens with zero attached hydrogens (tertiary/aromatic N) is 2. The Morgan fingerprint density at radius 2 is 1.91 bits per heavy atom. The van der Waals surface area contributed by atoms with Crippen molar-refractivity contribution in [3.63, 3.8) is 0 Å². The van der Waals surface area contributed by atoms with Gasteiger partial charge in [-0.3, -0.25) is 19.2 Å². The van der Waals surface area contributed by atoms with Crippen molar-refractivity contribution in [2.24, 2.45) is 5.73 Å². The minimum atomic E-state index is -1.06. The van der Waals surface area contributed by atoms with E-state index in [1.54, 1.807) is 24.3 Å². The molecule has 0 aromatic heterocycles. The van der Waals surface area contributed by atoms with Gasteiger partial charge >= 0.3 is 6.09 Å². The molecule has 0 aliphatic carbocycles. The average Bonchev–Trinajstić information content (AvgIpc) is 3.47. The van der Waals surface area contributed by atoms with Crippen LogP contribution in [0.2, 0.25) is 0 Å². The first-order chi connectivity index (χ1) is 16.3. The Bertz CT molecular complexity index is 927. The predicted octanol–water partition coefficient (Wildman–Crippen LogP) is 1.03. The van der Waals surface area contributed by atoms with Crippen molar-refractivity contribution in [2.45, 2.75) is 56.8 Å². The number of primary amides is 1. The van der Waals surface area contributed by atoms with Gasteiger partial charge in [0.2, 0.25) is 23.6 Å². The van der Waals surface area contributed by atoms with E-state index >= 15 is 0 Å². The van der Waals surface area contributed by atoms with Crippen LogP contribution in [0.25, 0.3) is 0 Å². The van der Waals surface area contributed by atoms with Crippen LogP contribution in [-0.2, 0) is 30.5 Å². The van der Waals surface area contributed by atoms with Gasteiger partial charge in [0.25, 0.3) is 0 Å². The Balaban J connectivity index is 1.68. The van der Waals surface area contributed by atoms with E-state index in [1.807, 2.05) is 12.3 Å². The molecule has 2 aliphatic rings. The fourth-order valence-electron chi connectivity index (χ4n) is 4.24. The number of benzene rings is 1. The summed E-state index contributed by atoms with van der Waals surface area (Å²) in [5, 5.41) is 2.71. The van der Waals surface area contributed by atoms with Gasteiger partial charge in [-0.05, 0) is 43.3 Å². The van der Waals surface area contributed by atoms with Crippen LogP contribution >= 0.6 is 11.8 Å². The summed E-state index contributed by atoms with van der Waals surface area (Å²) in [7, 11) is 0. The number of nitrogens with two attached hydrogens (primary N) is 1. The van der Waals surface area contributed by atoms with E-state index in [2.05, 4.69) is 5.32 Å². The Morgan fingerprint density at radius 1 is 1.18 bits per heavy atom. The van der Waals surface area contributed by atoms with E-state index in [4.69, 9.17) is 10.5 Å². The molecule has 1 aromatic carbocycles. The Labute approximate surface area is 202 Å². The first kappa shape index (κ1) is 25.5. The molecule has 2 aliphatic heterocycles. The number of hydrogen-bond donors (Lipinski definition) is 2. The third-order valence-electron chi connectivity index (χ3n) is 6.01. The molecular formula is C23H30N4O6S. The molecule has 10 nitrogen and oxygen atoms in total. The summed E-state index contributed by atoms with van der Waals surface area (Å²) in [5.41, 5.74) is 6.20. The highest BCUT2D eigenvalue weighted by atomic mass is 32.2. The molecule has 0 radical (unpaired) electrons. The topological polar surface area (TPSA) is 139 Å². The zero-order valence-corrected chi connectivity index (χ0v) is 19.9. The van der Waals surface area contributed by atoms with Gasteiger partial charge in [-0.25, -0.2) is 9.69 Å². The van der Waals surface area contributed by atoms with Crippen LogP contribution in [0.1, 0.15) is 37.7 Å². The van der Waals surface area contributed by atoms with Crippen LogP contribution in [-0.4, -0.2) is 76.2 Å². The molecule has 11 heteroatoms. The van der Waals surface area contributed by atoms with Crippen molar-refractivity contribution >= 4 is 41.5 Å². The summed E-state index contributed by atoms with van der Waals surface area (Å²) >= 11 is 1.51. The molecule has 2 saturated heterocycles. The molecule has 2 heterocycles. The molecule has 0 saturated carbocycles. The van der Waals surface area contributed by atoms with E-state index in [1.165, 1.54) is 16.7 Å². The molecule has 3 rings (SSSR count). The predicted molar refractivity (Wildman–Crippen MR) is 125 cm³/mol. The maximum atomic E-state index is 13.2. The summed E-state index contributed by atoms with van der Waals surface area (Å²) < 4.78 is 5.26. The van der Waals surface area contributed by atoms with Crippen molar-refractivity contribution in [3.8, 4) is 0 Å². The normalized spacial score (nSPS) is 20.8. The van der Waals surface area contributed by atoms with Crippen LogP contribution in [0.3, 0.4) is 0 Å². The van der Waals surface area contributed by atoms with Gasteiger partial charge in [0.05, 0.1) is 0 Å². The van der Waals surface area contributed by atoms with Crippen molar-refractivity contribution in [1.82, 2.24) is 15.1 Å². The lowest BCUT2D eigenvalue weighted by Gasteiger charge is -2.29. The largest absolute Gasteiger partial charge is 0.444 e. The third kappa shape index (κ3) is 6.07. The fraction of sp³-hybridized carbons (Fsp3) is 0.522. The molecule has 0 bridgehead atoms. The first-order valence-electron chi connectivity index (χ1n) is 11.2. The van der Waals surface area contributed by atoms with E-state index < -0.39 is 41.9 Å². The molecule has 34 heavy (non-hydrogen) atoms. The lowest BCUT2D eigenvalue weighted by Crippen LogP contribution is -2.56. The summed E-state index contributed by atoms with van der Waals surface area (Å²) in [4.78, 5) is 65.3. The molecule has 3 unspecified atom stereocenters. The highest BCUT2D eigenvalue weighted by Gasteiger charge is 2.43. The number of carbonyl (C=O) groups excluding carboxylic acids is 5. The Hall–Kier alpha value is -3.08. The molecule has 2 fully saturated rings. The lowest BCUT2D eigenvalue weighted by atomic mass is 10.1. The number of amides is 5. The van der Waals surface area contributed by atoms with Gasteiger partial charge in [0.1, 0.15) is 24.7 Å². The standard InChI is InChI=1S/C23H30N4O6S/c1-34-13-11-16(22(31)26-12-5-8-17(26)20(24)29)25-21(30)18-9-10-19(28)27(18)23(32)33-14-15-6-3-2-4-7-15/h2-4,6-7,16-18H,5,8-14H2,1H3,(H2,24,29)(H,25,30). The average molecular weight is 491 g/mol. The van der Waals surface area contributed by atoms with E-state index in [-0.39, 0.29) is 25.4 Å². The van der Waals surface area contributed by atoms with Gasteiger partial charge < -0.3 is 20.7 Å². The number of ether oxygens (including phenoxy) is 1. The van der Waals surface area contributed by atoms with Gasteiger partial charge in [0.15, 0.2) is 0 Å². The highest BCUT2D eigenvalue weighted by Crippen LogP contribution is 2.23. The maximum absolute atomic E-state index is 13.2. The van der Waals surface area contributed by atoms with E-state index in [0.29, 0.717) is 31.6 Å². The highest BCUT2D eigenvalue weighted by molar-refractivity contribution is 7.98. The second-order valence-electron chi connectivity index (χ2n) is 8.29. The number of likely N-dealkylation sites (tertiary alicyclic amines) is 2. The minimum absolute atomic E-state index is 0.0256. The fourth-order valence-corrected chi connectivity index (χ4v) is 4.71. The molecule has 184 valence electrons. The third-order valence-corrected chi connectivity index (χ3v) is 6.65. The van der Waals surface area contributed by atoms with Crippen molar-refractivity contribution in [3.05, 3.63) is 35.9 Å². The molecule has 5 amide bonds. The number of rotatable bonds is 9. The Morgan fingerprint density at radius 3 is 2.59 bits per heavy atom. The number of carbonyl (C=O) groups is 5. The van der Waals surface area contributed by atoms with Crippen LogP contribution in [0.15, 0.2) is 30.3 Å². The first-order valence-corrected chi connectivity index (χ1v) is 12.6. The molecular weight excluding hydrogens is 460 g/mol. The van der Waals surface area contributed by atoms with E-state index in [0.717, 1.165) is 10.5 Å². The van der Waals surface area contributed by atoms with Crippen LogP contribution in [0.5, 0.6) is 0 Å². The number of imide groups is 1. The summed E-state index contributed by atoms with van der Waals surface area (Å²) in [6.45, 7) is 0.355. The maximum Gasteiger partial charge on any atom is 0.417 e. The second-order valence-corrected chi connectivity index (χ2v) is 9.28. The van der Waals surface area contributed by atoms with Gasteiger partial charge in [-0.1, -0.05) is 30.3 Å². The van der Waals surface area contributed by atoms with E-state index in [9.17, 15) is 24.0 Å². The van der Waals surface area contributed by atoms with Gasteiger partial charge in [0, 0.05) is 13.0 Å². The second kappa shape index (κ2) is 11.9. The summed E-state index contributed by atoms with van der Waals surface area (Å²) in [6.07, 6.45) is 2.63. The molecule has 0 spiro atoms. The number of thioether (sulfide) groups is 1. The zero-order valence-electron chi connectivity index (χ0n) is 19.1. The van der Waals surface area contributed by atoms with Gasteiger partial charge in [-0.15, -0.1) is 0 Å². The van der Waals surface area contributed by atoms with Crippen LogP contribution < -0.4 is 11.1 Å². The quantitative estimate of drug-likeness (QED) is 0.527. The monoisotopic (exact) mass is 490 g/mol. The van der Waals surface area contributed by atoms with Crippen LogP contribution in [0, 0.1) is 0 Å². The summed E-state index contributed by atoms with van der Waals surface area (Å²) in [6, 6.07) is 6.34. The van der Waals surface area contributed by atoms with Crippen molar-refractivity contribution in [2.75, 3.05) is 18.6 Å². The zero-order chi connectivity index (χ0) is 24.7. The smallest absolute Gasteiger partial charge is 0.417 e. The van der Waals surface area contributed by atoms with Crippen molar-refractivity contribution in [1.29, 1.82) is 0 Å². The number of hydrogen-bond acceptors (Lipinski definition) is 7. The van der Waals surface area contributed by atoms with Gasteiger partial charge in [-0.2, -0.15) is 11.8 Å². The van der Waals surface area contributed by atoms with Crippen molar-refractivity contribution < 1.29 is 28.7 Å². The van der Waals surface area contributed by atoms with Crippen LogP contribution in [0.4, 0.5) is 4.79 Å². The number of nitrogens with one attached hydrogen (secondary N) is 1. The molecule has 1 aromatic rings. The molecule has 3 N–H and O–H groups in total. The Kier molecular flexibility index (Phi) is 8.91.